The minimum absolute atomic E-state index is 0.0234. The monoisotopic (exact) mass is 588 g/mol. The van der Waals surface area contributed by atoms with E-state index in [2.05, 4.69) is 15.4 Å². The Kier molecular flexibility index (Phi) is 8.13. The average Bonchev–Trinajstić information content (AvgIpc) is 3.37. The molecule has 1 aliphatic rings. The Hall–Kier alpha value is -4.50. The minimum Gasteiger partial charge on any atom is -0.444 e. The van der Waals surface area contributed by atoms with Crippen LogP contribution in [0.2, 0.25) is 5.02 Å². The second-order valence-corrected chi connectivity index (χ2v) is 11.4. The molecule has 1 aromatic heterocycles. The molecule has 0 spiro atoms. The molecule has 4 aromatic rings. The summed E-state index contributed by atoms with van der Waals surface area (Å²) >= 11 is 6.37. The van der Waals surface area contributed by atoms with Crippen molar-refractivity contribution in [1.82, 2.24) is 15.3 Å². The molecule has 8 nitrogen and oxygen atoms in total. The van der Waals surface area contributed by atoms with Gasteiger partial charge in [-0.25, -0.2) is 14.2 Å². The number of nitrogens with zero attached hydrogens (tertiary/aromatic N) is 2. The zero-order valence-corrected chi connectivity index (χ0v) is 24.2. The van der Waals surface area contributed by atoms with Crippen LogP contribution in [0.3, 0.4) is 0 Å². The van der Waals surface area contributed by atoms with Crippen LogP contribution in [0.5, 0.6) is 0 Å². The van der Waals surface area contributed by atoms with E-state index in [0.717, 1.165) is 10.9 Å². The zero-order chi connectivity index (χ0) is 30.0. The fourth-order valence-electron chi connectivity index (χ4n) is 4.98. The number of rotatable bonds is 6. The third-order valence-corrected chi connectivity index (χ3v) is 6.99. The van der Waals surface area contributed by atoms with Crippen LogP contribution >= 0.6 is 11.6 Å². The summed E-state index contributed by atoms with van der Waals surface area (Å²) in [6, 6.07) is 19.9. The number of fused-ring (bicyclic) bond motifs is 1. The molecule has 0 bridgehead atoms. The smallest absolute Gasteiger partial charge is 0.407 e. The lowest BCUT2D eigenvalue weighted by molar-refractivity contribution is -0.132. The predicted molar refractivity (Wildman–Crippen MR) is 161 cm³/mol. The fraction of sp³-hybridized carbons (Fsp3) is 0.250. The number of halogens is 2. The van der Waals surface area contributed by atoms with Gasteiger partial charge in [0, 0.05) is 40.9 Å². The number of aromatic nitrogens is 1. The molecule has 2 N–H and O–H groups in total. The van der Waals surface area contributed by atoms with E-state index in [-0.39, 0.29) is 30.9 Å². The number of carbonyl (C=O) groups excluding carboxylic acids is 2. The molecular weight excluding hydrogens is 559 g/mol. The molecule has 0 saturated heterocycles. The number of H-pyrrole nitrogens is 1. The second kappa shape index (κ2) is 11.8. The number of benzene rings is 3. The Morgan fingerprint density at radius 2 is 1.79 bits per heavy atom. The average molecular weight is 589 g/mol. The van der Waals surface area contributed by atoms with E-state index in [4.69, 9.17) is 16.3 Å². The van der Waals surface area contributed by atoms with Gasteiger partial charge >= 0.3 is 6.09 Å². The van der Waals surface area contributed by atoms with Crippen LogP contribution < -0.4 is 10.9 Å². The Morgan fingerprint density at radius 1 is 1.07 bits per heavy atom. The first-order valence-electron chi connectivity index (χ1n) is 13.5. The second-order valence-electron chi connectivity index (χ2n) is 11.0. The highest BCUT2D eigenvalue weighted by Gasteiger charge is 2.35. The third kappa shape index (κ3) is 6.36. The Balaban J connectivity index is 1.55. The normalized spacial score (nSPS) is 15.0. The molecular formula is C32H30ClFN4O4. The standard InChI is InChI=1S/C32H30ClFN4O4/c1-32(2,3)42-31(41)35-16-15-27(39)38-26(19-9-12-22(34)13-10-19)18-25(37-38)29-28(20-7-5-4-6-8-20)23-17-21(33)11-14-24(23)36-30(29)40/h4-14,17,26H,15-16,18H2,1-3H3,(H,35,41)(H,36,40). The number of aromatic amines is 1. The van der Waals surface area contributed by atoms with Gasteiger partial charge in [0.15, 0.2) is 0 Å². The molecule has 216 valence electrons. The van der Waals surface area contributed by atoms with Crippen molar-refractivity contribution in [3.8, 4) is 11.1 Å². The Bertz CT molecular complexity index is 1730. The van der Waals surface area contributed by atoms with Gasteiger partial charge in [-0.2, -0.15) is 5.10 Å². The van der Waals surface area contributed by atoms with Gasteiger partial charge in [-0.1, -0.05) is 54.1 Å². The van der Waals surface area contributed by atoms with Crippen LogP contribution in [0.1, 0.15) is 50.8 Å². The summed E-state index contributed by atoms with van der Waals surface area (Å²) in [5, 5.41) is 9.82. The highest BCUT2D eigenvalue weighted by molar-refractivity contribution is 6.31. The largest absolute Gasteiger partial charge is 0.444 e. The lowest BCUT2D eigenvalue weighted by Gasteiger charge is -2.23. The molecule has 3 aromatic carbocycles. The number of hydrazone groups is 1. The maximum absolute atomic E-state index is 13.8. The highest BCUT2D eigenvalue weighted by atomic mass is 35.5. The Morgan fingerprint density at radius 3 is 2.48 bits per heavy atom. The van der Waals surface area contributed by atoms with E-state index in [9.17, 15) is 18.8 Å². The number of carbonyl (C=O) groups is 2. The molecule has 1 atom stereocenters. The van der Waals surface area contributed by atoms with Gasteiger partial charge < -0.3 is 15.0 Å². The molecule has 0 fully saturated rings. The number of amides is 2. The number of hydrogen-bond acceptors (Lipinski definition) is 5. The predicted octanol–water partition coefficient (Wildman–Crippen LogP) is 6.58. The number of pyridine rings is 1. The van der Waals surface area contributed by atoms with E-state index in [1.54, 1.807) is 51.1 Å². The molecule has 2 heterocycles. The van der Waals surface area contributed by atoms with Gasteiger partial charge in [0.2, 0.25) is 5.91 Å². The van der Waals surface area contributed by atoms with Gasteiger partial charge in [-0.3, -0.25) is 9.59 Å². The van der Waals surface area contributed by atoms with Gasteiger partial charge in [0.05, 0.1) is 17.3 Å². The van der Waals surface area contributed by atoms with Gasteiger partial charge in [0.25, 0.3) is 5.56 Å². The van der Waals surface area contributed by atoms with Crippen LogP contribution in [0.25, 0.3) is 22.0 Å². The fourth-order valence-corrected chi connectivity index (χ4v) is 5.15. The topological polar surface area (TPSA) is 104 Å². The van der Waals surface area contributed by atoms with Gasteiger partial charge in [-0.15, -0.1) is 0 Å². The van der Waals surface area contributed by atoms with E-state index in [1.165, 1.54) is 17.1 Å². The van der Waals surface area contributed by atoms with Crippen molar-refractivity contribution < 1.29 is 18.7 Å². The summed E-state index contributed by atoms with van der Waals surface area (Å²) < 4.78 is 19.0. The summed E-state index contributed by atoms with van der Waals surface area (Å²) in [5.74, 6) is -0.788. The number of alkyl carbamates (subject to hydrolysis) is 1. The SMILES string of the molecule is CC(C)(C)OC(=O)NCCC(=O)N1N=C(c2c(-c3ccccc3)c3cc(Cl)ccc3[nH]c2=O)CC1c1ccc(F)cc1. The first kappa shape index (κ1) is 29.0. The summed E-state index contributed by atoms with van der Waals surface area (Å²) in [5.41, 5.74) is 2.40. The molecule has 0 saturated carbocycles. The third-order valence-electron chi connectivity index (χ3n) is 6.76. The van der Waals surface area contributed by atoms with Crippen molar-refractivity contribution in [1.29, 1.82) is 0 Å². The van der Waals surface area contributed by atoms with E-state index < -0.39 is 23.6 Å². The van der Waals surface area contributed by atoms with Gasteiger partial charge in [0.1, 0.15) is 11.4 Å². The lowest BCUT2D eigenvalue weighted by Crippen LogP contribution is -2.35. The summed E-state index contributed by atoms with van der Waals surface area (Å²) in [6.45, 7) is 5.27. The number of hydrogen-bond donors (Lipinski definition) is 2. The molecule has 0 aliphatic carbocycles. The quantitative estimate of drug-likeness (QED) is 0.265. The van der Waals surface area contributed by atoms with E-state index in [0.29, 0.717) is 32.9 Å². The summed E-state index contributed by atoms with van der Waals surface area (Å²) in [4.78, 5) is 42.1. The first-order valence-corrected chi connectivity index (χ1v) is 13.9. The lowest BCUT2D eigenvalue weighted by atomic mass is 9.91. The molecule has 2 amide bonds. The van der Waals surface area contributed by atoms with Crippen LogP contribution in [-0.2, 0) is 9.53 Å². The molecule has 42 heavy (non-hydrogen) atoms. The molecule has 1 unspecified atom stereocenters. The Labute approximate surface area is 247 Å². The number of nitrogens with one attached hydrogen (secondary N) is 2. The van der Waals surface area contributed by atoms with Crippen LogP contribution in [0, 0.1) is 5.82 Å². The van der Waals surface area contributed by atoms with Gasteiger partial charge in [-0.05, 0) is 62.2 Å². The number of ether oxygens (including phenoxy) is 1. The zero-order valence-electron chi connectivity index (χ0n) is 23.4. The van der Waals surface area contributed by atoms with Crippen molar-refractivity contribution >= 4 is 40.2 Å². The summed E-state index contributed by atoms with van der Waals surface area (Å²) in [7, 11) is 0. The van der Waals surface area contributed by atoms with Crippen molar-refractivity contribution in [3.05, 3.63) is 105 Å². The molecule has 10 heteroatoms. The highest BCUT2D eigenvalue weighted by Crippen LogP contribution is 2.37. The van der Waals surface area contributed by atoms with Crippen molar-refractivity contribution in [2.45, 2.75) is 45.3 Å². The minimum atomic E-state index is -0.677. The van der Waals surface area contributed by atoms with E-state index >= 15 is 0 Å². The van der Waals surface area contributed by atoms with Crippen molar-refractivity contribution in [2.24, 2.45) is 5.10 Å². The summed E-state index contributed by atoms with van der Waals surface area (Å²) in [6.07, 6.45) is -0.487. The van der Waals surface area contributed by atoms with Crippen molar-refractivity contribution in [3.63, 3.8) is 0 Å². The van der Waals surface area contributed by atoms with Crippen LogP contribution in [-0.4, -0.2) is 39.9 Å². The molecule has 0 radical (unpaired) electrons. The molecule has 1 aliphatic heterocycles. The molecule has 5 rings (SSSR count). The van der Waals surface area contributed by atoms with Crippen LogP contribution in [0.15, 0.2) is 82.7 Å². The van der Waals surface area contributed by atoms with Crippen LogP contribution in [0.4, 0.5) is 9.18 Å². The maximum Gasteiger partial charge on any atom is 0.407 e. The first-order chi connectivity index (χ1) is 20.0. The maximum atomic E-state index is 13.8. The van der Waals surface area contributed by atoms with Crippen molar-refractivity contribution in [2.75, 3.05) is 6.54 Å². The van der Waals surface area contributed by atoms with E-state index in [1.807, 2.05) is 30.3 Å².